The average Bonchev–Trinajstić information content (AvgIpc) is 3.00. The monoisotopic (exact) mass is 397 g/mol. The molecule has 152 valence electrons. The lowest BCUT2D eigenvalue weighted by Crippen LogP contribution is -2.42. The summed E-state index contributed by atoms with van der Waals surface area (Å²) >= 11 is 0. The summed E-state index contributed by atoms with van der Waals surface area (Å²) in [5, 5.41) is 2.65. The first-order chi connectivity index (χ1) is 14.0. The van der Waals surface area contributed by atoms with Crippen LogP contribution in [0.5, 0.6) is 0 Å². The van der Waals surface area contributed by atoms with Crippen LogP contribution in [0.2, 0.25) is 0 Å². The zero-order valence-electron chi connectivity index (χ0n) is 16.1. The molecular formula is C22H24FN3O3. The summed E-state index contributed by atoms with van der Waals surface area (Å²) in [6.07, 6.45) is 0.884. The fraction of sp³-hybridized carbons (Fsp3) is 0.318. The van der Waals surface area contributed by atoms with E-state index in [0.29, 0.717) is 38.2 Å². The number of amides is 3. The van der Waals surface area contributed by atoms with E-state index >= 15 is 0 Å². The number of hydrogen-bond donors (Lipinski definition) is 1. The van der Waals surface area contributed by atoms with E-state index in [4.69, 9.17) is 0 Å². The Hall–Kier alpha value is -3.22. The van der Waals surface area contributed by atoms with Gasteiger partial charge in [-0.3, -0.25) is 14.4 Å². The molecule has 1 heterocycles. The van der Waals surface area contributed by atoms with Crippen LogP contribution in [0.4, 0.5) is 4.39 Å². The third kappa shape index (κ3) is 5.88. The molecule has 29 heavy (non-hydrogen) atoms. The highest BCUT2D eigenvalue weighted by Gasteiger charge is 2.22. The van der Waals surface area contributed by atoms with Crippen molar-refractivity contribution in [1.29, 1.82) is 0 Å². The van der Waals surface area contributed by atoms with Crippen LogP contribution in [0.3, 0.4) is 0 Å². The van der Waals surface area contributed by atoms with Gasteiger partial charge in [0.2, 0.25) is 11.8 Å². The van der Waals surface area contributed by atoms with Crippen LogP contribution in [0.1, 0.15) is 22.3 Å². The highest BCUT2D eigenvalue weighted by atomic mass is 19.1. The second-order valence-corrected chi connectivity index (χ2v) is 6.97. The van der Waals surface area contributed by atoms with Crippen LogP contribution in [0.15, 0.2) is 54.6 Å². The standard InChI is InChI=1S/C22H24FN3O3/c23-19-9-7-17(8-10-19)15-20(27)25-11-4-12-26(14-13-25)21(28)16-24-22(29)18-5-2-1-3-6-18/h1-3,5-10H,4,11-16H2,(H,24,29). The molecule has 0 bridgehead atoms. The highest BCUT2D eigenvalue weighted by Crippen LogP contribution is 2.09. The third-order valence-corrected chi connectivity index (χ3v) is 4.91. The zero-order chi connectivity index (χ0) is 20.6. The molecule has 6 nitrogen and oxygen atoms in total. The molecule has 1 saturated heterocycles. The predicted octanol–water partition coefficient (Wildman–Crippen LogP) is 1.86. The van der Waals surface area contributed by atoms with Gasteiger partial charge >= 0.3 is 0 Å². The minimum absolute atomic E-state index is 0.0386. The highest BCUT2D eigenvalue weighted by molar-refractivity contribution is 5.96. The summed E-state index contributed by atoms with van der Waals surface area (Å²) in [5.41, 5.74) is 1.27. The van der Waals surface area contributed by atoms with Crippen molar-refractivity contribution in [1.82, 2.24) is 15.1 Å². The third-order valence-electron chi connectivity index (χ3n) is 4.91. The van der Waals surface area contributed by atoms with Crippen molar-refractivity contribution in [2.24, 2.45) is 0 Å². The summed E-state index contributed by atoms with van der Waals surface area (Å²) in [4.78, 5) is 40.5. The Kier molecular flexibility index (Phi) is 6.94. The van der Waals surface area contributed by atoms with Gasteiger partial charge in [-0.2, -0.15) is 0 Å². The second-order valence-electron chi connectivity index (χ2n) is 6.97. The molecule has 0 spiro atoms. The molecule has 0 aromatic heterocycles. The maximum absolute atomic E-state index is 13.0. The molecule has 2 aromatic rings. The van der Waals surface area contributed by atoms with Gasteiger partial charge in [-0.15, -0.1) is 0 Å². The Labute approximate surface area is 169 Å². The van der Waals surface area contributed by atoms with Gasteiger partial charge in [0.1, 0.15) is 5.82 Å². The van der Waals surface area contributed by atoms with Crippen molar-refractivity contribution in [3.63, 3.8) is 0 Å². The number of hydrogen-bond acceptors (Lipinski definition) is 3. The van der Waals surface area contributed by atoms with Gasteiger partial charge in [0.15, 0.2) is 0 Å². The fourth-order valence-corrected chi connectivity index (χ4v) is 3.26. The van der Waals surface area contributed by atoms with Crippen molar-refractivity contribution >= 4 is 17.7 Å². The first-order valence-electron chi connectivity index (χ1n) is 9.66. The van der Waals surface area contributed by atoms with E-state index < -0.39 is 0 Å². The van der Waals surface area contributed by atoms with E-state index in [1.807, 2.05) is 6.07 Å². The van der Waals surface area contributed by atoms with Crippen LogP contribution >= 0.6 is 0 Å². The van der Waals surface area contributed by atoms with Crippen LogP contribution in [-0.2, 0) is 16.0 Å². The smallest absolute Gasteiger partial charge is 0.251 e. The van der Waals surface area contributed by atoms with Crippen molar-refractivity contribution in [2.75, 3.05) is 32.7 Å². The molecule has 0 unspecified atom stereocenters. The quantitative estimate of drug-likeness (QED) is 0.837. The van der Waals surface area contributed by atoms with Gasteiger partial charge in [-0.1, -0.05) is 30.3 Å². The first kappa shape index (κ1) is 20.5. The maximum atomic E-state index is 13.0. The predicted molar refractivity (Wildman–Crippen MR) is 107 cm³/mol. The molecule has 0 aliphatic carbocycles. The molecule has 1 fully saturated rings. The molecule has 3 rings (SSSR count). The number of nitrogens with one attached hydrogen (secondary N) is 1. The lowest BCUT2D eigenvalue weighted by atomic mass is 10.1. The van der Waals surface area contributed by atoms with Crippen LogP contribution in [0.25, 0.3) is 0 Å². The van der Waals surface area contributed by atoms with E-state index in [1.165, 1.54) is 12.1 Å². The molecule has 0 atom stereocenters. The number of halogens is 1. The normalized spacial score (nSPS) is 14.2. The van der Waals surface area contributed by atoms with E-state index in [1.54, 1.807) is 46.2 Å². The number of nitrogens with zero attached hydrogens (tertiary/aromatic N) is 2. The number of benzene rings is 2. The van der Waals surface area contributed by atoms with E-state index in [9.17, 15) is 18.8 Å². The minimum atomic E-state index is -0.329. The molecule has 2 aromatic carbocycles. The van der Waals surface area contributed by atoms with Gasteiger partial charge in [-0.05, 0) is 36.2 Å². The largest absolute Gasteiger partial charge is 0.343 e. The van der Waals surface area contributed by atoms with Crippen molar-refractivity contribution in [3.8, 4) is 0 Å². The van der Waals surface area contributed by atoms with E-state index in [-0.39, 0.29) is 36.5 Å². The summed E-state index contributed by atoms with van der Waals surface area (Å²) in [5.74, 6) is -0.820. The Morgan fingerprint density at radius 3 is 2.10 bits per heavy atom. The second kappa shape index (κ2) is 9.82. The molecule has 7 heteroatoms. The maximum Gasteiger partial charge on any atom is 0.251 e. The van der Waals surface area contributed by atoms with Crippen molar-refractivity contribution < 1.29 is 18.8 Å². The van der Waals surface area contributed by atoms with Gasteiger partial charge in [-0.25, -0.2) is 4.39 Å². The minimum Gasteiger partial charge on any atom is -0.343 e. The fourth-order valence-electron chi connectivity index (χ4n) is 3.26. The van der Waals surface area contributed by atoms with Gasteiger partial charge in [0.05, 0.1) is 13.0 Å². The molecule has 1 N–H and O–H groups in total. The summed E-state index contributed by atoms with van der Waals surface area (Å²) in [6.45, 7) is 1.91. The lowest BCUT2D eigenvalue weighted by Gasteiger charge is -2.22. The van der Waals surface area contributed by atoms with Gasteiger partial charge < -0.3 is 15.1 Å². The molecule has 3 amide bonds. The van der Waals surface area contributed by atoms with Crippen LogP contribution < -0.4 is 5.32 Å². The summed E-state index contributed by atoms with van der Waals surface area (Å²) < 4.78 is 13.0. The van der Waals surface area contributed by atoms with Gasteiger partial charge in [0, 0.05) is 31.7 Å². The van der Waals surface area contributed by atoms with Crippen molar-refractivity contribution in [2.45, 2.75) is 12.8 Å². The SMILES string of the molecule is O=C(NCC(=O)N1CCCN(C(=O)Cc2ccc(F)cc2)CC1)c1ccccc1. The Morgan fingerprint density at radius 2 is 1.45 bits per heavy atom. The number of carbonyl (C=O) groups excluding carboxylic acids is 3. The summed E-state index contributed by atoms with van der Waals surface area (Å²) in [7, 11) is 0. The molecule has 1 aliphatic heterocycles. The Bertz CT molecular complexity index is 855. The van der Waals surface area contributed by atoms with E-state index in [2.05, 4.69) is 5.32 Å². The molecule has 1 aliphatic rings. The lowest BCUT2D eigenvalue weighted by molar-refractivity contribution is -0.132. The number of rotatable bonds is 5. The zero-order valence-corrected chi connectivity index (χ0v) is 16.1. The number of carbonyl (C=O) groups is 3. The van der Waals surface area contributed by atoms with Crippen molar-refractivity contribution in [3.05, 3.63) is 71.5 Å². The molecule has 0 saturated carbocycles. The Morgan fingerprint density at radius 1 is 0.828 bits per heavy atom. The molecular weight excluding hydrogens is 373 g/mol. The first-order valence-corrected chi connectivity index (χ1v) is 9.66. The topological polar surface area (TPSA) is 69.7 Å². The van der Waals surface area contributed by atoms with Crippen LogP contribution in [0, 0.1) is 5.82 Å². The Balaban J connectivity index is 1.47. The average molecular weight is 397 g/mol. The van der Waals surface area contributed by atoms with E-state index in [0.717, 1.165) is 5.56 Å². The van der Waals surface area contributed by atoms with Crippen LogP contribution in [-0.4, -0.2) is 60.2 Å². The molecule has 0 radical (unpaired) electrons. The summed E-state index contributed by atoms with van der Waals surface area (Å²) in [6, 6.07) is 14.6. The van der Waals surface area contributed by atoms with Gasteiger partial charge in [0.25, 0.3) is 5.91 Å².